The van der Waals surface area contributed by atoms with E-state index >= 15 is 0 Å². The first-order chi connectivity index (χ1) is 7.61. The molecule has 5 heteroatoms. The van der Waals surface area contributed by atoms with E-state index in [2.05, 4.69) is 12.0 Å². The summed E-state index contributed by atoms with van der Waals surface area (Å²) in [5, 5.41) is 4.36. The number of carbonyl (C=O) groups is 1. The predicted octanol–water partition coefficient (Wildman–Crippen LogP) is 0.0421. The second kappa shape index (κ2) is 4.25. The van der Waals surface area contributed by atoms with Crippen molar-refractivity contribution in [1.29, 1.82) is 0 Å². The normalized spacial score (nSPS) is 20.8. The maximum absolute atomic E-state index is 11.7. The lowest BCUT2D eigenvalue weighted by atomic mass is 10.2. The van der Waals surface area contributed by atoms with Gasteiger partial charge in [-0.2, -0.15) is 5.10 Å². The van der Waals surface area contributed by atoms with Crippen LogP contribution in [0.25, 0.3) is 0 Å². The van der Waals surface area contributed by atoms with Gasteiger partial charge in [-0.05, 0) is 12.8 Å². The van der Waals surface area contributed by atoms with Crippen molar-refractivity contribution in [2.75, 3.05) is 6.54 Å². The first-order valence-corrected chi connectivity index (χ1v) is 5.67. The molecule has 1 atom stereocenters. The third kappa shape index (κ3) is 1.95. The average Bonchev–Trinajstić information content (AvgIpc) is 2.76. The molecule has 2 rings (SSSR count). The Morgan fingerprint density at radius 2 is 2.38 bits per heavy atom. The van der Waals surface area contributed by atoms with Crippen LogP contribution in [0.5, 0.6) is 0 Å². The van der Waals surface area contributed by atoms with Crippen LogP contribution < -0.4 is 5.73 Å². The quantitative estimate of drug-likeness (QED) is 0.785. The van der Waals surface area contributed by atoms with E-state index in [4.69, 9.17) is 5.73 Å². The molecule has 0 aliphatic carbocycles. The summed E-state index contributed by atoms with van der Waals surface area (Å²) in [6.45, 7) is 3.48. The topological polar surface area (TPSA) is 64.2 Å². The van der Waals surface area contributed by atoms with E-state index in [1.165, 1.54) is 0 Å². The van der Waals surface area contributed by atoms with Crippen molar-refractivity contribution in [3.05, 3.63) is 17.5 Å². The van der Waals surface area contributed by atoms with Crippen LogP contribution in [-0.2, 0) is 24.8 Å². The Hall–Kier alpha value is -1.36. The smallest absolute Gasteiger partial charge is 0.239 e. The van der Waals surface area contributed by atoms with E-state index in [-0.39, 0.29) is 11.9 Å². The fourth-order valence-electron chi connectivity index (χ4n) is 2.14. The SMILES string of the molecule is CCc1nn(C)cc1CN1CCC(N)C1=O. The molecule has 0 saturated carbocycles. The molecule has 1 aromatic rings. The highest BCUT2D eigenvalue weighted by Crippen LogP contribution is 2.16. The molecule has 2 heterocycles. The van der Waals surface area contributed by atoms with Crippen molar-refractivity contribution >= 4 is 5.91 Å². The number of amides is 1. The summed E-state index contributed by atoms with van der Waals surface area (Å²) in [6.07, 6.45) is 3.64. The minimum absolute atomic E-state index is 0.0610. The van der Waals surface area contributed by atoms with Gasteiger partial charge in [0, 0.05) is 31.9 Å². The molecule has 1 aliphatic rings. The predicted molar refractivity (Wildman–Crippen MR) is 60.6 cm³/mol. The maximum Gasteiger partial charge on any atom is 0.239 e. The molecule has 0 bridgehead atoms. The van der Waals surface area contributed by atoms with E-state index in [1.807, 2.05) is 18.1 Å². The van der Waals surface area contributed by atoms with E-state index in [0.29, 0.717) is 6.54 Å². The third-order valence-electron chi connectivity index (χ3n) is 3.03. The molecular weight excluding hydrogens is 204 g/mol. The van der Waals surface area contributed by atoms with Crippen molar-refractivity contribution in [2.45, 2.75) is 32.4 Å². The standard InChI is InChI=1S/C11H18N4O/c1-3-10-8(6-14(2)13-10)7-15-5-4-9(12)11(15)16/h6,9H,3-5,7,12H2,1-2H3. The zero-order valence-corrected chi connectivity index (χ0v) is 9.81. The highest BCUT2D eigenvalue weighted by molar-refractivity contribution is 5.83. The molecule has 1 fully saturated rings. The summed E-state index contributed by atoms with van der Waals surface area (Å²) in [5.74, 6) is 0.0610. The highest BCUT2D eigenvalue weighted by Gasteiger charge is 2.28. The van der Waals surface area contributed by atoms with Crippen molar-refractivity contribution < 1.29 is 4.79 Å². The molecule has 1 unspecified atom stereocenters. The van der Waals surface area contributed by atoms with Crippen LogP contribution in [0.15, 0.2) is 6.20 Å². The number of aromatic nitrogens is 2. The highest BCUT2D eigenvalue weighted by atomic mass is 16.2. The van der Waals surface area contributed by atoms with Crippen LogP contribution >= 0.6 is 0 Å². The number of aryl methyl sites for hydroxylation is 2. The number of carbonyl (C=O) groups excluding carboxylic acids is 1. The van der Waals surface area contributed by atoms with Gasteiger partial charge in [-0.15, -0.1) is 0 Å². The van der Waals surface area contributed by atoms with Gasteiger partial charge < -0.3 is 10.6 Å². The molecule has 1 aromatic heterocycles. The number of hydrogen-bond acceptors (Lipinski definition) is 3. The first-order valence-electron chi connectivity index (χ1n) is 5.67. The minimum atomic E-state index is -0.304. The van der Waals surface area contributed by atoms with Crippen molar-refractivity contribution in [2.24, 2.45) is 12.8 Å². The Morgan fingerprint density at radius 3 is 2.94 bits per heavy atom. The monoisotopic (exact) mass is 222 g/mol. The summed E-state index contributed by atoms with van der Waals surface area (Å²) in [5.41, 5.74) is 7.88. The number of hydrogen-bond donors (Lipinski definition) is 1. The van der Waals surface area contributed by atoms with Crippen LogP contribution in [0.3, 0.4) is 0 Å². The Morgan fingerprint density at radius 1 is 1.62 bits per heavy atom. The summed E-state index contributed by atoms with van der Waals surface area (Å²) in [4.78, 5) is 13.5. The summed E-state index contributed by atoms with van der Waals surface area (Å²) < 4.78 is 1.80. The molecule has 16 heavy (non-hydrogen) atoms. The molecule has 88 valence electrons. The number of likely N-dealkylation sites (tertiary alicyclic amines) is 1. The van der Waals surface area contributed by atoms with E-state index < -0.39 is 0 Å². The van der Waals surface area contributed by atoms with Gasteiger partial charge in [0.05, 0.1) is 11.7 Å². The van der Waals surface area contributed by atoms with Gasteiger partial charge >= 0.3 is 0 Å². The number of nitrogens with two attached hydrogens (primary N) is 1. The second-order valence-electron chi connectivity index (χ2n) is 4.28. The van der Waals surface area contributed by atoms with Gasteiger partial charge in [-0.3, -0.25) is 9.48 Å². The largest absolute Gasteiger partial charge is 0.337 e. The van der Waals surface area contributed by atoms with Crippen molar-refractivity contribution in [3.63, 3.8) is 0 Å². The molecule has 0 radical (unpaired) electrons. The molecule has 2 N–H and O–H groups in total. The fraction of sp³-hybridized carbons (Fsp3) is 0.636. The van der Waals surface area contributed by atoms with Gasteiger partial charge in [0.15, 0.2) is 0 Å². The van der Waals surface area contributed by atoms with Gasteiger partial charge in [-0.1, -0.05) is 6.92 Å². The van der Waals surface area contributed by atoms with Gasteiger partial charge in [0.1, 0.15) is 0 Å². The Labute approximate surface area is 95.2 Å². The first kappa shape index (κ1) is 11.1. The molecule has 1 aliphatic heterocycles. The maximum atomic E-state index is 11.7. The van der Waals surface area contributed by atoms with E-state index in [1.54, 1.807) is 4.68 Å². The lowest BCUT2D eigenvalue weighted by Gasteiger charge is -2.15. The summed E-state index contributed by atoms with van der Waals surface area (Å²) in [6, 6.07) is -0.304. The molecular formula is C11H18N4O. The van der Waals surface area contributed by atoms with Gasteiger partial charge in [-0.25, -0.2) is 0 Å². The Bertz CT molecular complexity index is 399. The van der Waals surface area contributed by atoms with Crippen LogP contribution in [-0.4, -0.2) is 33.2 Å². The molecule has 0 spiro atoms. The summed E-state index contributed by atoms with van der Waals surface area (Å²) >= 11 is 0. The van der Waals surface area contributed by atoms with Gasteiger partial charge in [0.2, 0.25) is 5.91 Å². The number of rotatable bonds is 3. The van der Waals surface area contributed by atoms with Crippen LogP contribution in [0.4, 0.5) is 0 Å². The lowest BCUT2D eigenvalue weighted by Crippen LogP contribution is -2.33. The van der Waals surface area contributed by atoms with Gasteiger partial charge in [0.25, 0.3) is 0 Å². The zero-order valence-electron chi connectivity index (χ0n) is 9.81. The van der Waals surface area contributed by atoms with Crippen molar-refractivity contribution in [3.8, 4) is 0 Å². The van der Waals surface area contributed by atoms with E-state index in [0.717, 1.165) is 30.6 Å². The van der Waals surface area contributed by atoms with Crippen LogP contribution in [0.2, 0.25) is 0 Å². The molecule has 0 aromatic carbocycles. The lowest BCUT2D eigenvalue weighted by molar-refractivity contribution is -0.129. The molecule has 1 amide bonds. The van der Waals surface area contributed by atoms with Crippen molar-refractivity contribution in [1.82, 2.24) is 14.7 Å². The van der Waals surface area contributed by atoms with Crippen LogP contribution in [0.1, 0.15) is 24.6 Å². The van der Waals surface area contributed by atoms with E-state index in [9.17, 15) is 4.79 Å². The second-order valence-corrected chi connectivity index (χ2v) is 4.28. The fourth-order valence-corrected chi connectivity index (χ4v) is 2.14. The minimum Gasteiger partial charge on any atom is -0.337 e. The molecule has 1 saturated heterocycles. The summed E-state index contributed by atoms with van der Waals surface area (Å²) in [7, 11) is 1.90. The third-order valence-corrected chi connectivity index (χ3v) is 3.03. The Balaban J connectivity index is 2.12. The number of nitrogens with zero attached hydrogens (tertiary/aromatic N) is 3. The molecule has 5 nitrogen and oxygen atoms in total. The average molecular weight is 222 g/mol. The zero-order chi connectivity index (χ0) is 11.7. The van der Waals surface area contributed by atoms with Crippen LogP contribution in [0, 0.1) is 0 Å². The Kier molecular flexibility index (Phi) is 2.96.